The summed E-state index contributed by atoms with van der Waals surface area (Å²) in [4.78, 5) is 50.7. The van der Waals surface area contributed by atoms with Crippen LogP contribution in [0.4, 0.5) is 0 Å². The Morgan fingerprint density at radius 1 is 1.26 bits per heavy atom. The molecule has 1 aromatic carbocycles. The summed E-state index contributed by atoms with van der Waals surface area (Å²) in [6.07, 6.45) is 0.392. The molecule has 0 bridgehead atoms. The molecule has 2 amide bonds. The Labute approximate surface area is 189 Å². The fourth-order valence-electron chi connectivity index (χ4n) is 3.93. The Bertz CT molecular complexity index is 930. The van der Waals surface area contributed by atoms with E-state index >= 15 is 0 Å². The molecule has 3 atom stereocenters. The summed E-state index contributed by atoms with van der Waals surface area (Å²) in [5.41, 5.74) is 0.137. The number of carbonyl (C=O) groups is 4. The third kappa shape index (κ3) is 4.81. The van der Waals surface area contributed by atoms with Crippen LogP contribution in [0.3, 0.4) is 0 Å². The van der Waals surface area contributed by atoms with Crippen molar-refractivity contribution in [3.05, 3.63) is 33.8 Å². The molecule has 1 aromatic rings. The standard InChI is InChI=1S/C19H23BCl2N3O6/c1-10(2)6-15(20-25(9-17(27)30-20)11(3)19(29)31-20)24-16(26)8-23-18(28)13-7-12(21)4-5-14(13)22/h4-5,7,10-11,15H,6,8-9H2,1-3H3,(H,23,28)(H,24,26)/q-1/t11-,15-,20?/m0/s1. The van der Waals surface area contributed by atoms with Gasteiger partial charge in [-0.15, -0.1) is 0 Å². The van der Waals surface area contributed by atoms with Crippen LogP contribution < -0.4 is 10.6 Å². The van der Waals surface area contributed by atoms with E-state index in [4.69, 9.17) is 32.5 Å². The van der Waals surface area contributed by atoms with Crippen molar-refractivity contribution in [2.24, 2.45) is 5.92 Å². The summed E-state index contributed by atoms with van der Waals surface area (Å²) in [7, 11) is 0. The molecule has 0 saturated carbocycles. The zero-order valence-electron chi connectivity index (χ0n) is 17.3. The van der Waals surface area contributed by atoms with E-state index in [9.17, 15) is 19.2 Å². The molecule has 0 radical (unpaired) electrons. The average Bonchev–Trinajstić information content (AvgIpc) is 3.13. The lowest BCUT2D eigenvalue weighted by atomic mass is 9.59. The number of nitrogens with zero attached hydrogens (tertiary/aromatic N) is 1. The first-order chi connectivity index (χ1) is 14.5. The zero-order valence-corrected chi connectivity index (χ0v) is 18.8. The number of rotatable bonds is 7. The van der Waals surface area contributed by atoms with Gasteiger partial charge in [0, 0.05) is 11.0 Å². The predicted molar refractivity (Wildman–Crippen MR) is 114 cm³/mol. The molecule has 9 nitrogen and oxygen atoms in total. The third-order valence-electron chi connectivity index (χ3n) is 5.36. The molecule has 168 valence electrons. The van der Waals surface area contributed by atoms with Crippen LogP contribution in [0.2, 0.25) is 10.0 Å². The summed E-state index contributed by atoms with van der Waals surface area (Å²) < 4.78 is 11.0. The highest BCUT2D eigenvalue weighted by Gasteiger charge is 2.59. The molecule has 2 saturated heterocycles. The van der Waals surface area contributed by atoms with Gasteiger partial charge in [-0.05, 0) is 31.0 Å². The molecule has 3 rings (SSSR count). The largest absolute Gasteiger partial charge is 0.641 e. The van der Waals surface area contributed by atoms with Gasteiger partial charge >= 0.3 is 6.69 Å². The maximum Gasteiger partial charge on any atom is 0.453 e. The number of fused-ring (bicyclic) bond motifs is 1. The molecule has 2 N–H and O–H groups in total. The van der Waals surface area contributed by atoms with E-state index in [-0.39, 0.29) is 29.6 Å². The topological polar surface area (TPSA) is 114 Å². The highest BCUT2D eigenvalue weighted by atomic mass is 35.5. The fraction of sp³-hybridized carbons (Fsp3) is 0.474. The van der Waals surface area contributed by atoms with Gasteiger partial charge in [0.05, 0.1) is 29.7 Å². The number of nitrogens with one attached hydrogen (secondary N) is 2. The van der Waals surface area contributed by atoms with Crippen LogP contribution in [0.25, 0.3) is 0 Å². The summed E-state index contributed by atoms with van der Waals surface area (Å²) in [6.45, 7) is 2.50. The molecule has 2 aliphatic rings. The van der Waals surface area contributed by atoms with Gasteiger partial charge in [0.15, 0.2) is 0 Å². The molecular formula is C19H23BCl2N3O6-. The van der Waals surface area contributed by atoms with Gasteiger partial charge in [-0.1, -0.05) is 43.5 Å². The molecule has 1 unspecified atom stereocenters. The van der Waals surface area contributed by atoms with Gasteiger partial charge in [-0.25, -0.2) is 0 Å². The second-order valence-corrected chi connectivity index (χ2v) is 8.96. The lowest BCUT2D eigenvalue weighted by Crippen LogP contribution is -2.65. The molecule has 31 heavy (non-hydrogen) atoms. The number of halogens is 2. The molecule has 0 spiro atoms. The Morgan fingerprint density at radius 2 is 1.97 bits per heavy atom. The van der Waals surface area contributed by atoms with Gasteiger partial charge < -0.3 is 24.8 Å². The first kappa shape index (κ1) is 23.4. The summed E-state index contributed by atoms with van der Waals surface area (Å²) in [5, 5.41) is 5.78. The van der Waals surface area contributed by atoms with Crippen molar-refractivity contribution in [3.63, 3.8) is 0 Å². The monoisotopic (exact) mass is 470 g/mol. The second-order valence-electron chi connectivity index (χ2n) is 8.11. The highest BCUT2D eigenvalue weighted by Crippen LogP contribution is 2.35. The van der Waals surface area contributed by atoms with Gasteiger partial charge in [0.25, 0.3) is 17.8 Å². The smallest absolute Gasteiger partial charge is 0.453 e. The van der Waals surface area contributed by atoms with Gasteiger partial charge in [0.1, 0.15) is 0 Å². The number of hydrogen-bond donors (Lipinski definition) is 2. The first-order valence-corrected chi connectivity index (χ1v) is 10.7. The van der Waals surface area contributed by atoms with Crippen LogP contribution in [0, 0.1) is 5.92 Å². The van der Waals surface area contributed by atoms with Crippen LogP contribution >= 0.6 is 23.2 Å². The molecule has 0 aliphatic carbocycles. The minimum Gasteiger partial charge on any atom is -0.641 e. The van der Waals surface area contributed by atoms with Crippen LogP contribution in [0.15, 0.2) is 18.2 Å². The Balaban J connectivity index is 1.72. The lowest BCUT2D eigenvalue weighted by molar-refractivity contribution is -0.140. The van der Waals surface area contributed by atoms with Gasteiger partial charge in [-0.2, -0.15) is 0 Å². The van der Waals surface area contributed by atoms with E-state index in [1.807, 2.05) is 13.8 Å². The van der Waals surface area contributed by atoms with Gasteiger partial charge in [0.2, 0.25) is 5.91 Å². The number of hydrogen-bond acceptors (Lipinski definition) is 7. The summed E-state index contributed by atoms with van der Waals surface area (Å²) in [5.74, 6) is -2.81. The van der Waals surface area contributed by atoms with E-state index in [1.165, 1.54) is 12.1 Å². The molecule has 0 aromatic heterocycles. The predicted octanol–water partition coefficient (Wildman–Crippen LogP) is 1.54. The van der Waals surface area contributed by atoms with Crippen LogP contribution in [-0.2, 0) is 23.7 Å². The molecule has 2 aliphatic heterocycles. The van der Waals surface area contributed by atoms with Crippen molar-refractivity contribution < 1.29 is 28.5 Å². The van der Waals surface area contributed by atoms with E-state index in [0.29, 0.717) is 11.4 Å². The minimum absolute atomic E-state index is 0.0946. The maximum atomic E-state index is 12.6. The van der Waals surface area contributed by atoms with Crippen molar-refractivity contribution in [1.29, 1.82) is 0 Å². The first-order valence-electron chi connectivity index (χ1n) is 9.91. The molecule has 2 fully saturated rings. The van der Waals surface area contributed by atoms with E-state index in [1.54, 1.807) is 17.8 Å². The number of amides is 2. The Hall–Kier alpha value is -2.30. The third-order valence-corrected chi connectivity index (χ3v) is 5.93. The van der Waals surface area contributed by atoms with Crippen molar-refractivity contribution in [2.45, 2.75) is 39.2 Å². The lowest BCUT2D eigenvalue weighted by Gasteiger charge is -2.43. The summed E-state index contributed by atoms with van der Waals surface area (Å²) >= 11 is 11.9. The van der Waals surface area contributed by atoms with Crippen molar-refractivity contribution >= 4 is 53.6 Å². The van der Waals surface area contributed by atoms with Crippen molar-refractivity contribution in [2.75, 3.05) is 13.1 Å². The molecular weight excluding hydrogens is 448 g/mol. The van der Waals surface area contributed by atoms with E-state index in [0.717, 1.165) is 0 Å². The zero-order chi connectivity index (χ0) is 22.9. The fourth-order valence-corrected chi connectivity index (χ4v) is 4.31. The van der Waals surface area contributed by atoms with E-state index < -0.39 is 42.4 Å². The Morgan fingerprint density at radius 3 is 2.65 bits per heavy atom. The molecule has 12 heteroatoms. The number of carbonyl (C=O) groups excluding carboxylic acids is 4. The SMILES string of the molecule is CC(C)C[C@H](NC(=O)CNC(=O)c1cc(Cl)ccc1Cl)[B-]12OC(=O)CN1[C@@H](C)C(=O)O2. The van der Waals surface area contributed by atoms with Crippen molar-refractivity contribution in [1.82, 2.24) is 15.4 Å². The van der Waals surface area contributed by atoms with Crippen LogP contribution in [0.5, 0.6) is 0 Å². The molecule has 2 heterocycles. The van der Waals surface area contributed by atoms with E-state index in [2.05, 4.69) is 10.6 Å². The number of benzene rings is 1. The van der Waals surface area contributed by atoms with Crippen LogP contribution in [-0.4, -0.2) is 60.3 Å². The average molecular weight is 471 g/mol. The van der Waals surface area contributed by atoms with Gasteiger partial charge in [-0.3, -0.25) is 19.2 Å². The second kappa shape index (κ2) is 9.06. The van der Waals surface area contributed by atoms with Crippen LogP contribution in [0.1, 0.15) is 37.6 Å². The maximum absolute atomic E-state index is 12.6. The quantitative estimate of drug-likeness (QED) is 0.580. The normalized spacial score (nSPS) is 23.9. The summed E-state index contributed by atoms with van der Waals surface area (Å²) in [6, 6.07) is 3.76. The highest BCUT2D eigenvalue weighted by molar-refractivity contribution is 6.73. The minimum atomic E-state index is -2.52. The Kier molecular flexibility index (Phi) is 6.83. The van der Waals surface area contributed by atoms with Crippen molar-refractivity contribution in [3.8, 4) is 0 Å².